The third kappa shape index (κ3) is 5.29. The van der Waals surface area contributed by atoms with Gasteiger partial charge in [-0.15, -0.1) is 0 Å². The minimum absolute atomic E-state index is 0.0106. The summed E-state index contributed by atoms with van der Waals surface area (Å²) in [4.78, 5) is 25.3. The predicted octanol–water partition coefficient (Wildman–Crippen LogP) is 3.08. The molecule has 8 heteroatoms. The molecular formula is C20H32N4O3S. The maximum Gasteiger partial charge on any atom is 0.241 e. The molecule has 0 aromatic carbocycles. The van der Waals surface area contributed by atoms with Crippen LogP contribution in [0.5, 0.6) is 0 Å². The number of hydrogen-bond donors (Lipinski definition) is 2. The highest BCUT2D eigenvalue weighted by Gasteiger charge is 2.27. The molecule has 0 spiro atoms. The zero-order valence-electron chi connectivity index (χ0n) is 17.0. The van der Waals surface area contributed by atoms with E-state index in [9.17, 15) is 9.59 Å². The Bertz CT molecular complexity index is 679. The molecule has 2 aliphatic rings. The van der Waals surface area contributed by atoms with Crippen LogP contribution < -0.4 is 10.6 Å². The van der Waals surface area contributed by atoms with Crippen molar-refractivity contribution < 1.29 is 14.3 Å². The lowest BCUT2D eigenvalue weighted by Gasteiger charge is -2.17. The van der Waals surface area contributed by atoms with E-state index in [0.717, 1.165) is 67.9 Å². The van der Waals surface area contributed by atoms with E-state index in [1.165, 1.54) is 0 Å². The number of hydrogen-bond acceptors (Lipinski definition) is 5. The fourth-order valence-corrected chi connectivity index (χ4v) is 4.90. The number of nitrogens with one attached hydrogen (secondary N) is 2. The van der Waals surface area contributed by atoms with Gasteiger partial charge in [-0.3, -0.25) is 9.59 Å². The van der Waals surface area contributed by atoms with Crippen molar-refractivity contribution in [1.82, 2.24) is 15.1 Å². The molecule has 0 bridgehead atoms. The summed E-state index contributed by atoms with van der Waals surface area (Å²) in [6, 6.07) is 0. The molecule has 1 unspecified atom stereocenters. The first kappa shape index (κ1) is 21.2. The summed E-state index contributed by atoms with van der Waals surface area (Å²) in [6.07, 6.45) is 5.89. The molecule has 0 saturated carbocycles. The number of aromatic nitrogens is 2. The second-order valence-electron chi connectivity index (χ2n) is 7.63. The Morgan fingerprint density at radius 1 is 1.29 bits per heavy atom. The number of ether oxygens (including phenoxy) is 1. The lowest BCUT2D eigenvalue weighted by molar-refractivity contribution is -0.123. The third-order valence-corrected chi connectivity index (χ3v) is 6.32. The van der Waals surface area contributed by atoms with Crippen molar-refractivity contribution in [3.8, 4) is 0 Å². The number of anilines is 1. The van der Waals surface area contributed by atoms with Gasteiger partial charge in [0.05, 0.1) is 11.8 Å². The van der Waals surface area contributed by atoms with Gasteiger partial charge >= 0.3 is 0 Å². The highest BCUT2D eigenvalue weighted by molar-refractivity contribution is 7.98. The normalized spacial score (nSPS) is 18.5. The molecule has 2 aliphatic heterocycles. The van der Waals surface area contributed by atoms with Crippen LogP contribution in [0.15, 0.2) is 0 Å². The number of carbonyl (C=O) groups is 2. The van der Waals surface area contributed by atoms with Gasteiger partial charge in [-0.05, 0) is 25.7 Å². The van der Waals surface area contributed by atoms with Crippen LogP contribution in [0.4, 0.5) is 5.82 Å². The van der Waals surface area contributed by atoms with E-state index < -0.39 is 0 Å². The molecule has 7 nitrogen and oxygen atoms in total. The summed E-state index contributed by atoms with van der Waals surface area (Å²) in [5.74, 6) is 2.32. The summed E-state index contributed by atoms with van der Waals surface area (Å²) in [6.45, 7) is 5.63. The maximum absolute atomic E-state index is 12.9. The third-order valence-electron chi connectivity index (χ3n) is 5.35. The molecule has 1 fully saturated rings. The Morgan fingerprint density at radius 3 is 2.75 bits per heavy atom. The van der Waals surface area contributed by atoms with Gasteiger partial charge in [-0.1, -0.05) is 26.7 Å². The average Bonchev–Trinajstić information content (AvgIpc) is 3.40. The largest absolute Gasteiger partial charge is 0.376 e. The molecule has 3 heterocycles. The Hall–Kier alpha value is -1.54. The molecule has 28 heavy (non-hydrogen) atoms. The predicted molar refractivity (Wildman–Crippen MR) is 111 cm³/mol. The van der Waals surface area contributed by atoms with Crippen molar-refractivity contribution in [2.24, 2.45) is 5.92 Å². The van der Waals surface area contributed by atoms with Gasteiger partial charge in [0, 0.05) is 36.1 Å². The number of thioether (sulfide) groups is 1. The molecule has 0 aliphatic carbocycles. The minimum Gasteiger partial charge on any atom is -0.376 e. The van der Waals surface area contributed by atoms with E-state index in [4.69, 9.17) is 4.74 Å². The molecule has 3 rings (SSSR count). The summed E-state index contributed by atoms with van der Waals surface area (Å²) in [5, 5.41) is 10.6. The minimum atomic E-state index is -0.0986. The Kier molecular flexibility index (Phi) is 7.79. The summed E-state index contributed by atoms with van der Waals surface area (Å²) < 4.78 is 7.22. The van der Waals surface area contributed by atoms with E-state index in [1.807, 2.05) is 0 Å². The lowest BCUT2D eigenvalue weighted by Crippen LogP contribution is -2.35. The van der Waals surface area contributed by atoms with Crippen LogP contribution in [0.2, 0.25) is 0 Å². The quantitative estimate of drug-likeness (QED) is 0.621. The van der Waals surface area contributed by atoms with Gasteiger partial charge < -0.3 is 15.4 Å². The summed E-state index contributed by atoms with van der Waals surface area (Å²) >= 11 is 1.79. The van der Waals surface area contributed by atoms with Crippen molar-refractivity contribution in [3.05, 3.63) is 11.3 Å². The fourth-order valence-electron chi connectivity index (χ4n) is 3.87. The SMILES string of the molecule is CCCC(CCC)C(=O)Nc1c2c(nn1CC(=O)NCC1CCCO1)CSC2. The van der Waals surface area contributed by atoms with Crippen molar-refractivity contribution in [3.63, 3.8) is 0 Å². The van der Waals surface area contributed by atoms with E-state index in [-0.39, 0.29) is 30.4 Å². The first-order chi connectivity index (χ1) is 13.6. The number of rotatable bonds is 10. The number of fused-ring (bicyclic) bond motifs is 1. The number of amides is 2. The monoisotopic (exact) mass is 408 g/mol. The van der Waals surface area contributed by atoms with E-state index in [2.05, 4.69) is 29.6 Å². The molecule has 2 N–H and O–H groups in total. The molecule has 1 saturated heterocycles. The van der Waals surface area contributed by atoms with Crippen LogP contribution in [0.3, 0.4) is 0 Å². The second-order valence-corrected chi connectivity index (χ2v) is 8.61. The van der Waals surface area contributed by atoms with Gasteiger partial charge in [-0.2, -0.15) is 16.9 Å². The lowest BCUT2D eigenvalue weighted by atomic mass is 9.97. The summed E-state index contributed by atoms with van der Waals surface area (Å²) in [5.41, 5.74) is 2.05. The average molecular weight is 409 g/mol. The second kappa shape index (κ2) is 10.3. The van der Waals surface area contributed by atoms with E-state index in [0.29, 0.717) is 12.4 Å². The van der Waals surface area contributed by atoms with Crippen LogP contribution in [0, 0.1) is 5.92 Å². The Labute approximate surface area is 171 Å². The Morgan fingerprint density at radius 2 is 2.07 bits per heavy atom. The molecule has 1 aromatic heterocycles. The molecule has 1 aromatic rings. The Balaban J connectivity index is 1.66. The van der Waals surface area contributed by atoms with E-state index in [1.54, 1.807) is 16.4 Å². The highest BCUT2D eigenvalue weighted by atomic mass is 32.2. The molecule has 156 valence electrons. The van der Waals surface area contributed by atoms with Gasteiger partial charge in [0.1, 0.15) is 12.4 Å². The van der Waals surface area contributed by atoms with Gasteiger partial charge in [0.25, 0.3) is 0 Å². The zero-order chi connectivity index (χ0) is 19.9. The molecule has 2 amide bonds. The smallest absolute Gasteiger partial charge is 0.241 e. The highest BCUT2D eigenvalue weighted by Crippen LogP contribution is 2.35. The van der Waals surface area contributed by atoms with Gasteiger partial charge in [0.2, 0.25) is 11.8 Å². The topological polar surface area (TPSA) is 85.2 Å². The van der Waals surface area contributed by atoms with Crippen LogP contribution in [0.25, 0.3) is 0 Å². The van der Waals surface area contributed by atoms with Crippen molar-refractivity contribution in [2.75, 3.05) is 18.5 Å². The molecule has 1 atom stereocenters. The number of nitrogens with zero attached hydrogens (tertiary/aromatic N) is 2. The van der Waals surface area contributed by atoms with Crippen LogP contribution in [0.1, 0.15) is 63.6 Å². The van der Waals surface area contributed by atoms with Crippen molar-refractivity contribution in [2.45, 2.75) is 76.5 Å². The molecular weight excluding hydrogens is 376 g/mol. The standard InChI is InChI=1S/C20H32N4O3S/c1-3-6-14(7-4-2)20(26)22-19-16-12-28-13-17(16)23-24(19)11-18(25)21-10-15-8-5-9-27-15/h14-15H,3-13H2,1-2H3,(H,21,25)(H,22,26). The fraction of sp³-hybridized carbons (Fsp3) is 0.750. The zero-order valence-corrected chi connectivity index (χ0v) is 17.8. The number of carbonyl (C=O) groups excluding carboxylic acids is 2. The van der Waals surface area contributed by atoms with E-state index >= 15 is 0 Å². The van der Waals surface area contributed by atoms with Gasteiger partial charge in [-0.25, -0.2) is 4.68 Å². The van der Waals surface area contributed by atoms with Crippen molar-refractivity contribution >= 4 is 29.4 Å². The van der Waals surface area contributed by atoms with Crippen molar-refractivity contribution in [1.29, 1.82) is 0 Å². The first-order valence-corrected chi connectivity index (χ1v) is 11.6. The van der Waals surface area contributed by atoms with Crippen LogP contribution in [-0.4, -0.2) is 40.9 Å². The molecule has 0 radical (unpaired) electrons. The first-order valence-electron chi connectivity index (χ1n) is 10.5. The van der Waals surface area contributed by atoms with Gasteiger partial charge in [0.15, 0.2) is 0 Å². The van der Waals surface area contributed by atoms with Crippen LogP contribution >= 0.6 is 11.8 Å². The van der Waals surface area contributed by atoms with Crippen LogP contribution in [-0.2, 0) is 32.4 Å². The maximum atomic E-state index is 12.9. The summed E-state index contributed by atoms with van der Waals surface area (Å²) in [7, 11) is 0.